The van der Waals surface area contributed by atoms with Gasteiger partial charge in [0.15, 0.2) is 0 Å². The number of para-hydroxylation sites is 1. The van der Waals surface area contributed by atoms with Gasteiger partial charge in [-0.15, -0.1) is 0 Å². The van der Waals surface area contributed by atoms with Gasteiger partial charge in [-0.2, -0.15) is 0 Å². The molecule has 0 aromatic heterocycles. The van der Waals surface area contributed by atoms with Gasteiger partial charge in [0.2, 0.25) is 0 Å². The van der Waals surface area contributed by atoms with E-state index in [1.54, 1.807) is 18.2 Å². The summed E-state index contributed by atoms with van der Waals surface area (Å²) >= 11 is -0.896. The van der Waals surface area contributed by atoms with E-state index >= 15 is 0 Å². The molecule has 1 aliphatic rings. The quantitative estimate of drug-likeness (QED) is 0.640. The van der Waals surface area contributed by atoms with Gasteiger partial charge in [-0.05, 0) is 0 Å². The third-order valence-corrected chi connectivity index (χ3v) is 7.35. The maximum absolute atomic E-state index is 12.8. The predicted octanol–water partition coefficient (Wildman–Crippen LogP) is 3.50. The number of ether oxygens (including phenoxy) is 1. The number of rotatable bonds is 5. The molecule has 1 amide bonds. The van der Waals surface area contributed by atoms with Crippen molar-refractivity contribution in [2.24, 2.45) is 0 Å². The van der Waals surface area contributed by atoms with Crippen molar-refractivity contribution in [2.45, 2.75) is 65.3 Å². The van der Waals surface area contributed by atoms with Crippen molar-refractivity contribution < 1.29 is 23.6 Å². The second-order valence-electron chi connectivity index (χ2n) is 9.77. The molecule has 0 bridgehead atoms. The van der Waals surface area contributed by atoms with Gasteiger partial charge in [0.25, 0.3) is 0 Å². The van der Waals surface area contributed by atoms with Crippen molar-refractivity contribution >= 4 is 49.0 Å². The number of benzene rings is 2. The van der Waals surface area contributed by atoms with Gasteiger partial charge in [-0.25, -0.2) is 0 Å². The first-order chi connectivity index (χ1) is 14.8. The summed E-state index contributed by atoms with van der Waals surface area (Å²) in [6.07, 6.45) is 0. The Labute approximate surface area is 197 Å². The Morgan fingerprint density at radius 3 is 2.06 bits per heavy atom. The molecule has 1 fully saturated rings. The van der Waals surface area contributed by atoms with Crippen molar-refractivity contribution in [3.8, 4) is 0 Å². The number of hydrogen-bond acceptors (Lipinski definition) is 5. The number of anilines is 1. The van der Waals surface area contributed by atoms with E-state index in [4.69, 9.17) is 14.0 Å². The van der Waals surface area contributed by atoms with Crippen LogP contribution < -0.4 is 15.1 Å². The van der Waals surface area contributed by atoms with Crippen LogP contribution in [0.2, 0.25) is 0 Å². The summed E-state index contributed by atoms with van der Waals surface area (Å²) in [5, 5.41) is 2.92. The van der Waals surface area contributed by atoms with Crippen LogP contribution in [0.3, 0.4) is 0 Å². The Hall–Kier alpha value is -2.08. The molecule has 3 rings (SSSR count). The van der Waals surface area contributed by atoms with Gasteiger partial charge >= 0.3 is 197 Å². The topological polar surface area (TPSA) is 73.9 Å². The van der Waals surface area contributed by atoms with E-state index < -0.39 is 39.7 Å². The first-order valence-corrected chi connectivity index (χ1v) is 12.5. The molecule has 0 saturated carbocycles. The molecule has 0 unspecified atom stereocenters. The fourth-order valence-corrected chi connectivity index (χ4v) is 4.97. The van der Waals surface area contributed by atoms with Crippen LogP contribution in [0.5, 0.6) is 0 Å². The fourth-order valence-electron chi connectivity index (χ4n) is 3.03. The molecule has 1 saturated heterocycles. The molecule has 0 aliphatic carbocycles. The molecule has 6 nitrogen and oxygen atoms in total. The van der Waals surface area contributed by atoms with E-state index in [1.807, 2.05) is 78.8 Å². The van der Waals surface area contributed by atoms with Gasteiger partial charge in [0.05, 0.1) is 0 Å². The first-order valence-electron chi connectivity index (χ1n) is 10.6. The van der Waals surface area contributed by atoms with Crippen LogP contribution >= 0.6 is 0 Å². The Balaban J connectivity index is 1.69. The first kappa shape index (κ1) is 24.6. The van der Waals surface area contributed by atoms with E-state index in [2.05, 4.69) is 5.32 Å². The second kappa shape index (κ2) is 9.05. The predicted molar refractivity (Wildman–Crippen MR) is 128 cm³/mol. The average molecular weight is 498 g/mol. The van der Waals surface area contributed by atoms with Crippen LogP contribution in [0.25, 0.3) is 0 Å². The number of carbonyl (C=O) groups is 2. The molecule has 0 spiro atoms. The van der Waals surface area contributed by atoms with E-state index in [0.717, 1.165) is 9.81 Å². The fraction of sp³-hybridized carbons (Fsp3) is 0.417. The summed E-state index contributed by atoms with van der Waals surface area (Å²) in [6.45, 7) is 13.5. The standard InChI is InChI=1S/C24H30AsBNO5/c1-22(2,3)30-21(29)25-18-10-8-9-11-19(18)27-20(28)16-12-14-17(15-13-16)26-31-23(4,5)24(6,7)32-26/h8-15H,1-7H3,(H,27,28). The van der Waals surface area contributed by atoms with Crippen molar-refractivity contribution in [2.75, 3.05) is 5.32 Å². The monoisotopic (exact) mass is 498 g/mol. The molecule has 32 heavy (non-hydrogen) atoms. The van der Waals surface area contributed by atoms with Gasteiger partial charge in [-0.3, -0.25) is 0 Å². The molecule has 1 heterocycles. The molecular weight excluding hydrogens is 468 g/mol. The molecule has 8 heteroatoms. The SMILES string of the molecule is CC(C)(C)OC(=O)[As]c1ccccc1NC(=O)c1ccc(B2OC(C)(C)C(C)(C)O2)cc1. The number of nitrogens with one attached hydrogen (secondary N) is 1. The third-order valence-electron chi connectivity index (χ3n) is 5.46. The van der Waals surface area contributed by atoms with Crippen LogP contribution in [0, 0.1) is 0 Å². The zero-order chi connectivity index (χ0) is 23.7. The molecule has 1 aliphatic heterocycles. The van der Waals surface area contributed by atoms with Crippen molar-refractivity contribution in [3.63, 3.8) is 0 Å². The van der Waals surface area contributed by atoms with E-state index in [1.165, 1.54) is 0 Å². The Morgan fingerprint density at radius 2 is 1.50 bits per heavy atom. The van der Waals surface area contributed by atoms with Crippen molar-refractivity contribution in [1.29, 1.82) is 0 Å². The summed E-state index contributed by atoms with van der Waals surface area (Å²) in [5.74, 6) is -0.247. The third kappa shape index (κ3) is 5.83. The van der Waals surface area contributed by atoms with Gasteiger partial charge in [0, 0.05) is 0 Å². The van der Waals surface area contributed by atoms with Gasteiger partial charge < -0.3 is 0 Å². The van der Waals surface area contributed by atoms with Gasteiger partial charge in [0.1, 0.15) is 0 Å². The van der Waals surface area contributed by atoms with E-state index in [9.17, 15) is 9.59 Å². The Kier molecular flexibility index (Phi) is 6.95. The summed E-state index contributed by atoms with van der Waals surface area (Å²) < 4.78 is 18.1. The number of hydrogen-bond donors (Lipinski definition) is 1. The Bertz CT molecular complexity index is 982. The molecule has 1 N–H and O–H groups in total. The zero-order valence-corrected chi connectivity index (χ0v) is 21.6. The van der Waals surface area contributed by atoms with Crippen LogP contribution in [0.1, 0.15) is 58.8 Å². The van der Waals surface area contributed by atoms with Gasteiger partial charge in [-0.1, -0.05) is 0 Å². The van der Waals surface area contributed by atoms with Crippen LogP contribution in [-0.4, -0.2) is 50.3 Å². The summed E-state index contributed by atoms with van der Waals surface area (Å²) in [7, 11) is -0.476. The van der Waals surface area contributed by atoms with Crippen LogP contribution in [0.15, 0.2) is 48.5 Å². The van der Waals surface area contributed by atoms with Crippen LogP contribution in [-0.2, 0) is 14.0 Å². The number of carbonyl (C=O) groups excluding carboxylic acids is 2. The number of amides is 1. The molecule has 169 valence electrons. The van der Waals surface area contributed by atoms with Crippen LogP contribution in [0.4, 0.5) is 10.5 Å². The minimum absolute atomic E-state index is 0.247. The molecule has 2 aromatic carbocycles. The zero-order valence-electron chi connectivity index (χ0n) is 19.7. The molecular formula is C24H30AsBNO5. The molecule has 1 radical (unpaired) electrons. The molecule has 2 aromatic rings. The van der Waals surface area contributed by atoms with Crippen molar-refractivity contribution in [1.82, 2.24) is 0 Å². The normalized spacial score (nSPS) is 17.5. The van der Waals surface area contributed by atoms with Crippen molar-refractivity contribution in [3.05, 3.63) is 54.1 Å². The summed E-state index contributed by atoms with van der Waals surface area (Å²) in [5.41, 5.74) is 0.606. The maximum atomic E-state index is 12.8. The minimum atomic E-state index is -0.896. The van der Waals surface area contributed by atoms with E-state index in [0.29, 0.717) is 11.3 Å². The second-order valence-corrected chi connectivity index (χ2v) is 12.0. The average Bonchev–Trinajstić information content (AvgIpc) is 2.89. The summed E-state index contributed by atoms with van der Waals surface area (Å²) in [6, 6.07) is 14.5. The molecule has 0 atom stereocenters. The summed E-state index contributed by atoms with van der Waals surface area (Å²) in [4.78, 5) is 25.1. The Morgan fingerprint density at radius 1 is 0.938 bits per heavy atom. The van der Waals surface area contributed by atoms with E-state index in [-0.39, 0.29) is 10.7 Å².